The topological polar surface area (TPSA) is 102 Å². The van der Waals surface area contributed by atoms with Gasteiger partial charge in [0, 0.05) is 11.3 Å². The Morgan fingerprint density at radius 3 is 2.34 bits per heavy atom. The maximum Gasteiger partial charge on any atom is 0.338 e. The van der Waals surface area contributed by atoms with Crippen molar-refractivity contribution in [1.82, 2.24) is 0 Å². The second kappa shape index (κ2) is 11.4. The average Bonchev–Trinajstić information content (AvgIpc) is 3.20. The summed E-state index contributed by atoms with van der Waals surface area (Å²) in [6.45, 7) is 4.07. The normalized spacial score (nSPS) is 16.4. The molecule has 4 rings (SSSR count). The van der Waals surface area contributed by atoms with E-state index in [1.807, 2.05) is 0 Å². The molecule has 8 nitrogen and oxygen atoms in total. The second-order valence-electron chi connectivity index (χ2n) is 8.29. The number of anilines is 1. The molecule has 1 aliphatic heterocycles. The zero-order valence-electron chi connectivity index (χ0n) is 21.1. The number of amides is 1. The first-order valence-electron chi connectivity index (χ1n) is 12.0. The van der Waals surface area contributed by atoms with Gasteiger partial charge in [-0.2, -0.15) is 0 Å². The van der Waals surface area contributed by atoms with E-state index in [2.05, 4.69) is 0 Å². The number of hydrogen-bond acceptors (Lipinski definition) is 7. The predicted molar refractivity (Wildman–Crippen MR) is 143 cm³/mol. The Labute approximate surface area is 225 Å². The van der Waals surface area contributed by atoms with Crippen molar-refractivity contribution in [2.45, 2.75) is 19.9 Å². The highest BCUT2D eigenvalue weighted by atomic mass is 35.5. The van der Waals surface area contributed by atoms with Crippen molar-refractivity contribution in [2.24, 2.45) is 0 Å². The van der Waals surface area contributed by atoms with E-state index in [1.165, 1.54) is 30.2 Å². The highest BCUT2D eigenvalue weighted by molar-refractivity contribution is 6.51. The first-order valence-corrected chi connectivity index (χ1v) is 12.3. The average molecular weight is 536 g/mol. The summed E-state index contributed by atoms with van der Waals surface area (Å²) in [6, 6.07) is 16.7. The van der Waals surface area contributed by atoms with Crippen molar-refractivity contribution in [2.75, 3.05) is 25.2 Å². The number of aliphatic hydroxyl groups excluding tert-OH is 1. The fraction of sp³-hybridized carbons (Fsp3) is 0.207. The van der Waals surface area contributed by atoms with Gasteiger partial charge in [0.1, 0.15) is 17.3 Å². The van der Waals surface area contributed by atoms with E-state index < -0.39 is 23.7 Å². The molecule has 1 N–H and O–H groups in total. The largest absolute Gasteiger partial charge is 0.507 e. The molecule has 0 saturated carbocycles. The number of benzene rings is 3. The van der Waals surface area contributed by atoms with Crippen LogP contribution >= 0.6 is 11.6 Å². The van der Waals surface area contributed by atoms with Crippen LogP contribution in [0.5, 0.6) is 11.5 Å². The van der Waals surface area contributed by atoms with Gasteiger partial charge in [-0.25, -0.2) is 4.79 Å². The second-order valence-corrected chi connectivity index (χ2v) is 8.70. The molecule has 1 heterocycles. The van der Waals surface area contributed by atoms with Crippen molar-refractivity contribution in [1.29, 1.82) is 0 Å². The van der Waals surface area contributed by atoms with E-state index in [9.17, 15) is 19.5 Å². The summed E-state index contributed by atoms with van der Waals surface area (Å²) in [6.07, 6.45) is 0. The molecular weight excluding hydrogens is 510 g/mol. The lowest BCUT2D eigenvalue weighted by Crippen LogP contribution is -2.29. The number of carbonyl (C=O) groups excluding carboxylic acids is 3. The predicted octanol–water partition coefficient (Wildman–Crippen LogP) is 5.55. The number of aliphatic hydroxyl groups is 1. The Hall–Kier alpha value is -4.30. The van der Waals surface area contributed by atoms with Gasteiger partial charge in [-0.3, -0.25) is 14.5 Å². The Balaban J connectivity index is 1.88. The highest BCUT2D eigenvalue weighted by Gasteiger charge is 2.47. The van der Waals surface area contributed by atoms with Crippen molar-refractivity contribution in [3.8, 4) is 11.5 Å². The van der Waals surface area contributed by atoms with Crippen LogP contribution in [0.2, 0.25) is 5.02 Å². The summed E-state index contributed by atoms with van der Waals surface area (Å²) in [4.78, 5) is 40.2. The standard InChI is InChI=1S/C29H26ClNO7/c1-4-37-23-16-19(11-14-22(23)30)26(32)24-25(18-7-6-8-21(15-18)36-3)31(28(34)27(24)33)20-12-9-17(10-13-20)29(35)38-5-2/h6-16,25,32H,4-5H2,1-3H3/b26-24-. The molecular formula is C29H26ClNO7. The molecule has 1 amide bonds. The lowest BCUT2D eigenvalue weighted by Gasteiger charge is -2.26. The van der Waals surface area contributed by atoms with Crippen LogP contribution < -0.4 is 14.4 Å². The van der Waals surface area contributed by atoms with Crippen LogP contribution in [0.1, 0.15) is 41.4 Å². The van der Waals surface area contributed by atoms with E-state index in [4.69, 9.17) is 25.8 Å². The van der Waals surface area contributed by atoms with Gasteiger partial charge in [0.15, 0.2) is 0 Å². The third kappa shape index (κ3) is 5.08. The highest BCUT2D eigenvalue weighted by Crippen LogP contribution is 2.43. The van der Waals surface area contributed by atoms with Gasteiger partial charge in [-0.05, 0) is 74.0 Å². The summed E-state index contributed by atoms with van der Waals surface area (Å²) in [5.41, 5.74) is 1.36. The minimum atomic E-state index is -0.982. The summed E-state index contributed by atoms with van der Waals surface area (Å²) in [5, 5.41) is 11.7. The number of Topliss-reactive ketones (excluding diaryl/α,β-unsaturated/α-hetero) is 1. The molecule has 3 aromatic rings. The van der Waals surface area contributed by atoms with Crippen LogP contribution in [0, 0.1) is 0 Å². The van der Waals surface area contributed by atoms with Crippen LogP contribution in [0.3, 0.4) is 0 Å². The van der Waals surface area contributed by atoms with E-state index in [0.29, 0.717) is 39.9 Å². The molecule has 1 fully saturated rings. The fourth-order valence-corrected chi connectivity index (χ4v) is 4.44. The van der Waals surface area contributed by atoms with Crippen molar-refractivity contribution >= 4 is 40.7 Å². The van der Waals surface area contributed by atoms with E-state index in [-0.39, 0.29) is 23.5 Å². The number of nitrogens with zero attached hydrogens (tertiary/aromatic N) is 1. The number of esters is 1. The van der Waals surface area contributed by atoms with Gasteiger partial charge in [0.2, 0.25) is 0 Å². The quantitative estimate of drug-likeness (QED) is 0.174. The minimum Gasteiger partial charge on any atom is -0.507 e. The molecule has 0 bridgehead atoms. The molecule has 0 spiro atoms. The first-order chi connectivity index (χ1) is 18.3. The lowest BCUT2D eigenvalue weighted by molar-refractivity contribution is -0.132. The fourth-order valence-electron chi connectivity index (χ4n) is 4.27. The summed E-state index contributed by atoms with van der Waals surface area (Å²) >= 11 is 6.21. The Bertz CT molecular complexity index is 1410. The SMILES string of the molecule is CCOC(=O)c1ccc(N2C(=O)C(=O)/C(=C(\O)c3ccc(Cl)c(OCC)c3)C2c2cccc(OC)c2)cc1. The van der Waals surface area contributed by atoms with Crippen molar-refractivity contribution in [3.05, 3.63) is 94.0 Å². The van der Waals surface area contributed by atoms with E-state index in [1.54, 1.807) is 62.4 Å². The summed E-state index contributed by atoms with van der Waals surface area (Å²) in [7, 11) is 1.51. The van der Waals surface area contributed by atoms with Gasteiger partial charge < -0.3 is 19.3 Å². The molecule has 1 unspecified atom stereocenters. The van der Waals surface area contributed by atoms with Crippen molar-refractivity contribution in [3.63, 3.8) is 0 Å². The molecule has 0 radical (unpaired) electrons. The van der Waals surface area contributed by atoms with Gasteiger partial charge in [0.25, 0.3) is 11.7 Å². The maximum atomic E-state index is 13.4. The molecule has 38 heavy (non-hydrogen) atoms. The van der Waals surface area contributed by atoms with Crippen LogP contribution in [0.15, 0.2) is 72.3 Å². The summed E-state index contributed by atoms with van der Waals surface area (Å²) in [5.74, 6) is -1.73. The third-order valence-electron chi connectivity index (χ3n) is 6.02. The number of ketones is 1. The molecule has 3 aromatic carbocycles. The number of methoxy groups -OCH3 is 1. The third-order valence-corrected chi connectivity index (χ3v) is 6.33. The number of carbonyl (C=O) groups is 3. The number of ether oxygens (including phenoxy) is 3. The van der Waals surface area contributed by atoms with Crippen LogP contribution in [-0.2, 0) is 14.3 Å². The first kappa shape index (κ1) is 26.8. The van der Waals surface area contributed by atoms with Crippen molar-refractivity contribution < 1.29 is 33.7 Å². The van der Waals surface area contributed by atoms with Gasteiger partial charge >= 0.3 is 5.97 Å². The van der Waals surface area contributed by atoms with Crippen LogP contribution in [0.4, 0.5) is 5.69 Å². The smallest absolute Gasteiger partial charge is 0.338 e. The molecule has 1 saturated heterocycles. The number of hydrogen-bond donors (Lipinski definition) is 1. The zero-order chi connectivity index (χ0) is 27.4. The van der Waals surface area contributed by atoms with E-state index >= 15 is 0 Å². The van der Waals surface area contributed by atoms with E-state index in [0.717, 1.165) is 0 Å². The Morgan fingerprint density at radius 1 is 0.974 bits per heavy atom. The molecule has 0 aromatic heterocycles. The molecule has 1 atom stereocenters. The zero-order valence-corrected chi connectivity index (χ0v) is 21.8. The van der Waals surface area contributed by atoms with Crippen LogP contribution in [0.25, 0.3) is 5.76 Å². The lowest BCUT2D eigenvalue weighted by atomic mass is 9.95. The minimum absolute atomic E-state index is 0.109. The van der Waals surface area contributed by atoms with Gasteiger partial charge in [-0.15, -0.1) is 0 Å². The Morgan fingerprint density at radius 2 is 1.68 bits per heavy atom. The number of halogens is 1. The molecule has 1 aliphatic rings. The van der Waals surface area contributed by atoms with Gasteiger partial charge in [0.05, 0.1) is 42.5 Å². The molecule has 196 valence electrons. The molecule has 9 heteroatoms. The van der Waals surface area contributed by atoms with Gasteiger partial charge in [-0.1, -0.05) is 23.7 Å². The molecule has 0 aliphatic carbocycles. The summed E-state index contributed by atoms with van der Waals surface area (Å²) < 4.78 is 15.9. The maximum absolute atomic E-state index is 13.4. The monoisotopic (exact) mass is 535 g/mol. The van der Waals surface area contributed by atoms with Crippen LogP contribution in [-0.4, -0.2) is 43.1 Å². The Kier molecular flexibility index (Phi) is 8.02. The number of rotatable bonds is 8.